The van der Waals surface area contributed by atoms with Gasteiger partial charge in [0.2, 0.25) is 5.91 Å². The summed E-state index contributed by atoms with van der Waals surface area (Å²) in [5.74, 6) is 0.839. The largest absolute Gasteiger partial charge is 0.378 e. The molecule has 0 spiro atoms. The van der Waals surface area contributed by atoms with E-state index in [-0.39, 0.29) is 48.8 Å². The molecule has 0 bridgehead atoms. The molecule has 2 aromatic rings. The zero-order valence-corrected chi connectivity index (χ0v) is 16.3. The van der Waals surface area contributed by atoms with Crippen molar-refractivity contribution in [2.24, 2.45) is 0 Å². The first-order valence-corrected chi connectivity index (χ1v) is 8.16. The van der Waals surface area contributed by atoms with E-state index < -0.39 is 0 Å². The van der Waals surface area contributed by atoms with E-state index in [4.69, 9.17) is 9.72 Å². The minimum Gasteiger partial charge on any atom is -0.378 e. The third-order valence-electron chi connectivity index (χ3n) is 4.12. The molecule has 6 nitrogen and oxygen atoms in total. The van der Waals surface area contributed by atoms with Gasteiger partial charge in [0.1, 0.15) is 11.9 Å². The molecule has 1 amide bonds. The highest BCUT2D eigenvalue weighted by atomic mass is 35.5. The summed E-state index contributed by atoms with van der Waals surface area (Å²) in [5, 5.41) is 6.23. The van der Waals surface area contributed by atoms with Crippen LogP contribution in [0, 0.1) is 0 Å². The Morgan fingerprint density at radius 3 is 2.68 bits per heavy atom. The van der Waals surface area contributed by atoms with Crippen molar-refractivity contribution in [1.82, 2.24) is 20.2 Å². The number of aromatic nitrogens is 2. The number of para-hydroxylation sites is 2. The Kier molecular flexibility index (Phi) is 8.15. The molecule has 1 aliphatic heterocycles. The fourth-order valence-electron chi connectivity index (χ4n) is 3.02. The van der Waals surface area contributed by atoms with Crippen molar-refractivity contribution in [3.05, 3.63) is 30.1 Å². The van der Waals surface area contributed by atoms with E-state index in [2.05, 4.69) is 35.1 Å². The van der Waals surface area contributed by atoms with Gasteiger partial charge in [-0.15, -0.1) is 24.8 Å². The zero-order chi connectivity index (χ0) is 16.4. The minimum atomic E-state index is -0.289. The molecule has 3 rings (SSSR count). The van der Waals surface area contributed by atoms with E-state index in [1.807, 2.05) is 25.1 Å². The Morgan fingerprint density at radius 2 is 2.04 bits per heavy atom. The topological polar surface area (TPSA) is 68.2 Å². The van der Waals surface area contributed by atoms with E-state index >= 15 is 0 Å². The molecule has 1 aromatic carbocycles. The number of morpholine rings is 1. The first-order chi connectivity index (χ1) is 11.1. The van der Waals surface area contributed by atoms with Crippen molar-refractivity contribution in [2.45, 2.75) is 38.9 Å². The van der Waals surface area contributed by atoms with Gasteiger partial charge in [0.15, 0.2) is 0 Å². The van der Waals surface area contributed by atoms with Gasteiger partial charge in [-0.1, -0.05) is 12.1 Å². The lowest BCUT2D eigenvalue weighted by molar-refractivity contribution is -0.126. The Labute approximate surface area is 160 Å². The summed E-state index contributed by atoms with van der Waals surface area (Å²) in [6.45, 7) is 8.01. The summed E-state index contributed by atoms with van der Waals surface area (Å²) in [6.07, 6.45) is 0. The van der Waals surface area contributed by atoms with Crippen LogP contribution in [0.2, 0.25) is 0 Å². The van der Waals surface area contributed by atoms with Crippen LogP contribution in [0.15, 0.2) is 24.3 Å². The Morgan fingerprint density at radius 1 is 1.32 bits per heavy atom. The number of halogens is 2. The number of nitrogens with one attached hydrogen (secondary N) is 2. The predicted molar refractivity (Wildman–Crippen MR) is 104 cm³/mol. The average molecular weight is 389 g/mol. The first kappa shape index (κ1) is 21.7. The van der Waals surface area contributed by atoms with Crippen molar-refractivity contribution in [3.8, 4) is 0 Å². The molecule has 0 saturated carbocycles. The molecule has 2 heterocycles. The highest BCUT2D eigenvalue weighted by Gasteiger charge is 2.25. The highest BCUT2D eigenvalue weighted by molar-refractivity contribution is 5.85. The normalized spacial score (nSPS) is 18.3. The van der Waals surface area contributed by atoms with Crippen LogP contribution in [0.3, 0.4) is 0 Å². The van der Waals surface area contributed by atoms with Gasteiger partial charge >= 0.3 is 0 Å². The molecule has 1 aromatic heterocycles. The number of imidazole rings is 1. The second-order valence-electron chi connectivity index (χ2n) is 6.23. The van der Waals surface area contributed by atoms with Crippen LogP contribution in [0.1, 0.15) is 38.7 Å². The average Bonchev–Trinajstić information content (AvgIpc) is 2.95. The molecular formula is C17H26Cl2N4O2. The summed E-state index contributed by atoms with van der Waals surface area (Å²) in [6, 6.07) is 7.88. The number of carbonyl (C=O) groups excluding carboxylic acids is 1. The molecule has 1 fully saturated rings. The van der Waals surface area contributed by atoms with Crippen LogP contribution in [0.5, 0.6) is 0 Å². The molecule has 8 heteroatoms. The van der Waals surface area contributed by atoms with Gasteiger partial charge < -0.3 is 19.9 Å². The van der Waals surface area contributed by atoms with Crippen molar-refractivity contribution in [2.75, 3.05) is 19.8 Å². The molecule has 0 aliphatic carbocycles. The third-order valence-corrected chi connectivity index (χ3v) is 4.12. The molecular weight excluding hydrogens is 363 g/mol. The molecule has 25 heavy (non-hydrogen) atoms. The van der Waals surface area contributed by atoms with Crippen LogP contribution in [-0.4, -0.2) is 41.3 Å². The lowest BCUT2D eigenvalue weighted by Crippen LogP contribution is -2.51. The summed E-state index contributed by atoms with van der Waals surface area (Å²) < 4.78 is 7.54. The van der Waals surface area contributed by atoms with E-state index in [0.29, 0.717) is 19.8 Å². The Hall–Kier alpha value is -1.34. The molecule has 2 atom stereocenters. The Bertz CT molecular complexity index is 699. The van der Waals surface area contributed by atoms with Crippen molar-refractivity contribution >= 4 is 41.8 Å². The maximum atomic E-state index is 12.4. The van der Waals surface area contributed by atoms with Gasteiger partial charge in [0, 0.05) is 12.6 Å². The van der Waals surface area contributed by atoms with E-state index in [1.165, 1.54) is 0 Å². The van der Waals surface area contributed by atoms with Crippen LogP contribution in [0.25, 0.3) is 11.0 Å². The maximum Gasteiger partial charge on any atom is 0.240 e. The lowest BCUT2D eigenvalue weighted by atomic mass is 10.2. The minimum absolute atomic E-state index is 0. The van der Waals surface area contributed by atoms with Crippen LogP contribution < -0.4 is 10.6 Å². The molecule has 1 aliphatic rings. The number of hydrogen-bond acceptors (Lipinski definition) is 4. The monoisotopic (exact) mass is 388 g/mol. The summed E-state index contributed by atoms with van der Waals surface area (Å²) in [5.41, 5.74) is 2.05. The smallest absolute Gasteiger partial charge is 0.240 e. The number of hydrogen-bond donors (Lipinski definition) is 2. The number of benzene rings is 1. The molecule has 2 unspecified atom stereocenters. The zero-order valence-electron chi connectivity index (χ0n) is 14.7. The molecule has 0 radical (unpaired) electrons. The maximum absolute atomic E-state index is 12.4. The van der Waals surface area contributed by atoms with Crippen molar-refractivity contribution < 1.29 is 9.53 Å². The number of fused-ring (bicyclic) bond motifs is 1. The van der Waals surface area contributed by atoms with Gasteiger partial charge in [-0.3, -0.25) is 4.79 Å². The van der Waals surface area contributed by atoms with E-state index in [0.717, 1.165) is 16.9 Å². The van der Waals surface area contributed by atoms with Gasteiger partial charge in [0.25, 0.3) is 0 Å². The predicted octanol–water partition coefficient (Wildman–Crippen LogP) is 2.63. The second-order valence-corrected chi connectivity index (χ2v) is 6.23. The number of ether oxygens (including phenoxy) is 1. The van der Waals surface area contributed by atoms with E-state index in [1.54, 1.807) is 0 Å². The number of nitrogens with zero attached hydrogens (tertiary/aromatic N) is 2. The number of rotatable bonds is 4. The van der Waals surface area contributed by atoms with Crippen LogP contribution in [-0.2, 0) is 9.53 Å². The highest BCUT2D eigenvalue weighted by Crippen LogP contribution is 2.24. The summed E-state index contributed by atoms with van der Waals surface area (Å²) in [4.78, 5) is 17.1. The van der Waals surface area contributed by atoms with Gasteiger partial charge in [-0.2, -0.15) is 0 Å². The fraction of sp³-hybridized carbons (Fsp3) is 0.529. The molecule has 2 N–H and O–H groups in total. The van der Waals surface area contributed by atoms with Crippen LogP contribution in [0.4, 0.5) is 0 Å². The van der Waals surface area contributed by atoms with Crippen molar-refractivity contribution in [3.63, 3.8) is 0 Å². The molecule has 1 saturated heterocycles. The van der Waals surface area contributed by atoms with E-state index in [9.17, 15) is 4.79 Å². The van der Waals surface area contributed by atoms with Crippen LogP contribution >= 0.6 is 24.8 Å². The quantitative estimate of drug-likeness (QED) is 0.844. The first-order valence-electron chi connectivity index (χ1n) is 8.16. The second kappa shape index (κ2) is 9.38. The SMILES string of the molecule is CC(NC(=O)C1COCCN1)c1nc2ccccc2n1C(C)C.Cl.Cl. The van der Waals surface area contributed by atoms with Crippen molar-refractivity contribution in [1.29, 1.82) is 0 Å². The molecule has 140 valence electrons. The lowest BCUT2D eigenvalue weighted by Gasteiger charge is -2.25. The third kappa shape index (κ3) is 4.64. The Balaban J connectivity index is 0.00000156. The van der Waals surface area contributed by atoms with Gasteiger partial charge in [-0.05, 0) is 32.9 Å². The fourth-order valence-corrected chi connectivity index (χ4v) is 3.02. The van der Waals surface area contributed by atoms with Gasteiger partial charge in [0.05, 0.1) is 30.3 Å². The number of carbonyl (C=O) groups is 1. The summed E-state index contributed by atoms with van der Waals surface area (Å²) >= 11 is 0. The standard InChI is InChI=1S/C17H24N4O2.2ClH/c1-11(2)21-15-7-5-4-6-13(15)20-16(21)12(3)19-17(22)14-10-23-9-8-18-14;;/h4-7,11-12,14,18H,8-10H2,1-3H3,(H,19,22);2*1H. The summed E-state index contributed by atoms with van der Waals surface area (Å²) in [7, 11) is 0. The number of amides is 1. The van der Waals surface area contributed by atoms with Gasteiger partial charge in [-0.25, -0.2) is 4.98 Å².